The SMILES string of the molecule is C[C@H](C(=O)NC1CC1)N(C)Cc1ccc2c(c1)OCO2. The van der Waals surface area contributed by atoms with Gasteiger partial charge in [-0.2, -0.15) is 0 Å². The van der Waals surface area contributed by atoms with Crippen LogP contribution in [0.2, 0.25) is 0 Å². The van der Waals surface area contributed by atoms with Gasteiger partial charge in [-0.05, 0) is 44.5 Å². The van der Waals surface area contributed by atoms with Gasteiger partial charge in [-0.1, -0.05) is 6.07 Å². The highest BCUT2D eigenvalue weighted by Gasteiger charge is 2.27. The van der Waals surface area contributed by atoms with E-state index in [1.54, 1.807) is 0 Å². The summed E-state index contributed by atoms with van der Waals surface area (Å²) in [6.07, 6.45) is 2.23. The summed E-state index contributed by atoms with van der Waals surface area (Å²) in [5.41, 5.74) is 1.11. The second kappa shape index (κ2) is 5.32. The number of hydrogen-bond acceptors (Lipinski definition) is 4. The van der Waals surface area contributed by atoms with Gasteiger partial charge in [0.05, 0.1) is 6.04 Å². The topological polar surface area (TPSA) is 50.8 Å². The Labute approximate surface area is 118 Å². The minimum absolute atomic E-state index is 0.107. The number of nitrogens with zero attached hydrogens (tertiary/aromatic N) is 1. The summed E-state index contributed by atoms with van der Waals surface area (Å²) in [4.78, 5) is 14.1. The van der Waals surface area contributed by atoms with Crippen LogP contribution in [-0.2, 0) is 11.3 Å². The predicted octanol–water partition coefficient (Wildman–Crippen LogP) is 1.51. The third-order valence-electron chi connectivity index (χ3n) is 3.83. The number of benzene rings is 1. The van der Waals surface area contributed by atoms with Gasteiger partial charge in [-0.25, -0.2) is 0 Å². The van der Waals surface area contributed by atoms with E-state index in [-0.39, 0.29) is 18.7 Å². The lowest BCUT2D eigenvalue weighted by atomic mass is 10.1. The van der Waals surface area contributed by atoms with Crippen LogP contribution in [0.25, 0.3) is 0 Å². The lowest BCUT2D eigenvalue weighted by Gasteiger charge is -2.24. The smallest absolute Gasteiger partial charge is 0.237 e. The fourth-order valence-corrected chi connectivity index (χ4v) is 2.21. The summed E-state index contributed by atoms with van der Waals surface area (Å²) >= 11 is 0. The minimum atomic E-state index is -0.138. The average Bonchev–Trinajstić information content (AvgIpc) is 3.12. The summed E-state index contributed by atoms with van der Waals surface area (Å²) in [7, 11) is 1.96. The molecule has 1 aliphatic heterocycles. The highest BCUT2D eigenvalue weighted by Crippen LogP contribution is 2.32. The molecule has 1 atom stereocenters. The molecule has 1 aliphatic carbocycles. The van der Waals surface area contributed by atoms with E-state index in [4.69, 9.17) is 9.47 Å². The molecular weight excluding hydrogens is 256 g/mol. The molecule has 0 unspecified atom stereocenters. The maximum absolute atomic E-state index is 12.0. The van der Waals surface area contributed by atoms with Crippen molar-refractivity contribution in [2.45, 2.75) is 38.4 Å². The molecule has 1 aromatic carbocycles. The van der Waals surface area contributed by atoms with Gasteiger partial charge in [-0.15, -0.1) is 0 Å². The molecule has 1 aromatic rings. The standard InChI is InChI=1S/C15H20N2O3/c1-10(15(18)16-12-4-5-12)17(2)8-11-3-6-13-14(7-11)20-9-19-13/h3,6-7,10,12H,4-5,8-9H2,1-2H3,(H,16,18)/t10-/m1/s1. The molecule has 3 rings (SSSR count). The number of amides is 1. The Kier molecular flexibility index (Phi) is 3.53. The molecule has 1 saturated carbocycles. The zero-order chi connectivity index (χ0) is 14.1. The number of likely N-dealkylation sites (N-methyl/N-ethyl adjacent to an activating group) is 1. The zero-order valence-electron chi connectivity index (χ0n) is 11.9. The summed E-state index contributed by atoms with van der Waals surface area (Å²) in [5.74, 6) is 1.68. The maximum Gasteiger partial charge on any atom is 0.237 e. The Morgan fingerprint density at radius 3 is 2.90 bits per heavy atom. The second-order valence-electron chi connectivity index (χ2n) is 5.56. The van der Waals surface area contributed by atoms with Gasteiger partial charge in [0.2, 0.25) is 12.7 Å². The van der Waals surface area contributed by atoms with Gasteiger partial charge < -0.3 is 14.8 Å². The number of nitrogens with one attached hydrogen (secondary N) is 1. The lowest BCUT2D eigenvalue weighted by molar-refractivity contribution is -0.125. The molecule has 5 nitrogen and oxygen atoms in total. The molecule has 2 aliphatic rings. The van der Waals surface area contributed by atoms with E-state index in [1.165, 1.54) is 0 Å². The molecule has 108 valence electrons. The molecule has 0 spiro atoms. The Morgan fingerprint density at radius 1 is 1.40 bits per heavy atom. The van der Waals surface area contributed by atoms with Crippen molar-refractivity contribution >= 4 is 5.91 Å². The third kappa shape index (κ3) is 2.88. The number of ether oxygens (including phenoxy) is 2. The quantitative estimate of drug-likeness (QED) is 0.886. The van der Waals surface area contributed by atoms with E-state index in [2.05, 4.69) is 5.32 Å². The van der Waals surface area contributed by atoms with E-state index >= 15 is 0 Å². The number of rotatable bonds is 5. The molecule has 0 saturated heterocycles. The van der Waals surface area contributed by atoms with Crippen molar-refractivity contribution < 1.29 is 14.3 Å². The van der Waals surface area contributed by atoms with Crippen molar-refractivity contribution in [3.63, 3.8) is 0 Å². The van der Waals surface area contributed by atoms with Gasteiger partial charge in [0.15, 0.2) is 11.5 Å². The molecule has 5 heteroatoms. The Morgan fingerprint density at radius 2 is 2.15 bits per heavy atom. The van der Waals surface area contributed by atoms with Crippen LogP contribution in [0.3, 0.4) is 0 Å². The van der Waals surface area contributed by atoms with Gasteiger partial charge >= 0.3 is 0 Å². The molecule has 1 N–H and O–H groups in total. The van der Waals surface area contributed by atoms with Crippen LogP contribution in [-0.4, -0.2) is 36.7 Å². The molecule has 1 fully saturated rings. The van der Waals surface area contributed by atoms with Crippen molar-refractivity contribution in [1.29, 1.82) is 0 Å². The van der Waals surface area contributed by atoms with Crippen LogP contribution >= 0.6 is 0 Å². The van der Waals surface area contributed by atoms with Crippen LogP contribution in [0, 0.1) is 0 Å². The van der Waals surface area contributed by atoms with E-state index in [9.17, 15) is 4.79 Å². The minimum Gasteiger partial charge on any atom is -0.454 e. The van der Waals surface area contributed by atoms with E-state index in [1.807, 2.05) is 37.1 Å². The lowest BCUT2D eigenvalue weighted by Crippen LogP contribution is -2.43. The van der Waals surface area contributed by atoms with Crippen molar-refractivity contribution in [2.24, 2.45) is 0 Å². The van der Waals surface area contributed by atoms with Gasteiger partial charge in [0.1, 0.15) is 0 Å². The van der Waals surface area contributed by atoms with E-state index < -0.39 is 0 Å². The Bertz CT molecular complexity index is 514. The number of fused-ring (bicyclic) bond motifs is 1. The predicted molar refractivity (Wildman–Crippen MR) is 74.7 cm³/mol. The Hall–Kier alpha value is -1.75. The maximum atomic E-state index is 12.0. The van der Waals surface area contributed by atoms with Crippen molar-refractivity contribution in [3.05, 3.63) is 23.8 Å². The average molecular weight is 276 g/mol. The van der Waals surface area contributed by atoms with Crippen LogP contribution < -0.4 is 14.8 Å². The molecule has 1 amide bonds. The van der Waals surface area contributed by atoms with Crippen molar-refractivity contribution in [3.8, 4) is 11.5 Å². The monoisotopic (exact) mass is 276 g/mol. The summed E-state index contributed by atoms with van der Waals surface area (Å²) < 4.78 is 10.7. The highest BCUT2D eigenvalue weighted by atomic mass is 16.7. The fraction of sp³-hybridized carbons (Fsp3) is 0.533. The first-order valence-electron chi connectivity index (χ1n) is 7.02. The van der Waals surface area contributed by atoms with Crippen molar-refractivity contribution in [2.75, 3.05) is 13.8 Å². The molecule has 0 radical (unpaired) electrons. The van der Waals surface area contributed by atoms with E-state index in [0.717, 1.165) is 29.9 Å². The van der Waals surface area contributed by atoms with Crippen LogP contribution in [0.4, 0.5) is 0 Å². The second-order valence-corrected chi connectivity index (χ2v) is 5.56. The highest BCUT2D eigenvalue weighted by molar-refractivity contribution is 5.81. The first kappa shape index (κ1) is 13.2. The summed E-state index contributed by atoms with van der Waals surface area (Å²) in [6.45, 7) is 2.93. The van der Waals surface area contributed by atoms with Gasteiger partial charge in [0, 0.05) is 12.6 Å². The first-order valence-corrected chi connectivity index (χ1v) is 7.02. The molecular formula is C15H20N2O3. The zero-order valence-corrected chi connectivity index (χ0v) is 11.9. The van der Waals surface area contributed by atoms with Crippen LogP contribution in [0.15, 0.2) is 18.2 Å². The molecule has 0 aromatic heterocycles. The molecule has 0 bridgehead atoms. The first-order chi connectivity index (χ1) is 9.63. The van der Waals surface area contributed by atoms with Crippen LogP contribution in [0.5, 0.6) is 11.5 Å². The van der Waals surface area contributed by atoms with Crippen molar-refractivity contribution in [1.82, 2.24) is 10.2 Å². The summed E-state index contributed by atoms with van der Waals surface area (Å²) in [6, 6.07) is 6.17. The Balaban J connectivity index is 1.59. The largest absolute Gasteiger partial charge is 0.454 e. The summed E-state index contributed by atoms with van der Waals surface area (Å²) in [5, 5.41) is 3.04. The third-order valence-corrected chi connectivity index (χ3v) is 3.83. The number of carbonyl (C=O) groups excluding carboxylic acids is 1. The molecule has 20 heavy (non-hydrogen) atoms. The van der Waals surface area contributed by atoms with E-state index in [0.29, 0.717) is 12.6 Å². The fourth-order valence-electron chi connectivity index (χ4n) is 2.21. The van der Waals surface area contributed by atoms with Crippen LogP contribution in [0.1, 0.15) is 25.3 Å². The normalized spacial score (nSPS) is 18.1. The number of carbonyl (C=O) groups is 1. The van der Waals surface area contributed by atoms with Gasteiger partial charge in [-0.3, -0.25) is 9.69 Å². The number of hydrogen-bond donors (Lipinski definition) is 1. The van der Waals surface area contributed by atoms with Gasteiger partial charge in [0.25, 0.3) is 0 Å². The molecule has 1 heterocycles.